The summed E-state index contributed by atoms with van der Waals surface area (Å²) < 4.78 is 0. The minimum absolute atomic E-state index is 0. The van der Waals surface area contributed by atoms with Crippen LogP contribution in [-0.2, 0) is 9.59 Å². The molecule has 0 saturated heterocycles. The summed E-state index contributed by atoms with van der Waals surface area (Å²) in [5.74, 6) is -5.48. The molecule has 0 fully saturated rings. The Morgan fingerprint density at radius 3 is 1.36 bits per heavy atom. The Hall–Kier alpha value is -0.480. The average Bonchev–Trinajstić information content (AvgIpc) is 2.38. The van der Waals surface area contributed by atoms with Gasteiger partial charge in [-0.2, -0.15) is 20.8 Å². The number of carboxylic acid groups (broad SMARTS) is 2. The number of carboxylic acids is 2. The van der Waals surface area contributed by atoms with Crippen LogP contribution in [0.2, 0.25) is 0 Å². The first-order valence-corrected chi connectivity index (χ1v) is 5.92. The summed E-state index contributed by atoms with van der Waals surface area (Å²) >= 11 is 0. The predicted molar refractivity (Wildman–Crippen MR) is 61.2 cm³/mol. The summed E-state index contributed by atoms with van der Waals surface area (Å²) in [7, 11) is 0. The molecule has 108 valence electrons. The Morgan fingerprint density at radius 1 is 0.909 bits per heavy atom. The maximum Gasteiger partial charge on any atom is 1.00 e. The summed E-state index contributed by atoms with van der Waals surface area (Å²) in [5, 5.41) is 45.9. The Balaban J connectivity index is -0.00000180. The molecule has 0 amide bonds. The second-order valence-corrected chi connectivity index (χ2v) is 4.40. The summed E-state index contributed by atoms with van der Waals surface area (Å²) in [6, 6.07) is 2.12. The van der Waals surface area contributed by atoms with E-state index >= 15 is 0 Å². The molecule has 0 aliphatic carbocycles. The third-order valence-electron chi connectivity index (χ3n) is 2.50. The van der Waals surface area contributed by atoms with Crippen LogP contribution in [0.25, 0.3) is 0 Å². The van der Waals surface area contributed by atoms with E-state index in [1.165, 1.54) is 0 Å². The number of azo groups is 1. The van der Waals surface area contributed by atoms with Crippen molar-refractivity contribution in [2.24, 2.45) is 22.1 Å². The first kappa shape index (κ1) is 26.4. The van der Waals surface area contributed by atoms with Gasteiger partial charge >= 0.3 is 59.1 Å². The number of nitriles is 2. The summed E-state index contributed by atoms with van der Waals surface area (Å²) in [6.45, 7) is 3.15. The number of rotatable bonds is 8. The first-order valence-electron chi connectivity index (χ1n) is 5.92. The van der Waals surface area contributed by atoms with Crippen molar-refractivity contribution in [3.05, 3.63) is 0 Å². The summed E-state index contributed by atoms with van der Waals surface area (Å²) in [5.41, 5.74) is 0. The molecule has 0 aliphatic heterocycles. The second kappa shape index (κ2) is 14.1. The van der Waals surface area contributed by atoms with Crippen molar-refractivity contribution in [3.8, 4) is 12.1 Å². The Labute approximate surface area is 173 Å². The zero-order valence-corrected chi connectivity index (χ0v) is 17.1. The van der Waals surface area contributed by atoms with Crippen LogP contribution in [0.15, 0.2) is 10.2 Å². The molecular weight excluding hydrogens is 310 g/mol. The van der Waals surface area contributed by atoms with Crippen molar-refractivity contribution in [1.29, 1.82) is 10.5 Å². The van der Waals surface area contributed by atoms with Crippen LogP contribution in [0, 0.1) is 34.5 Å². The number of aliphatic carboxylic acids is 2. The van der Waals surface area contributed by atoms with Gasteiger partial charge in [-0.3, -0.25) is 0 Å². The molecule has 0 aromatic heterocycles. The molecule has 4 unspecified atom stereocenters. The van der Waals surface area contributed by atoms with Gasteiger partial charge in [0.15, 0.2) is 0 Å². The van der Waals surface area contributed by atoms with Gasteiger partial charge in [0.1, 0.15) is 0 Å². The number of hydrogen-bond acceptors (Lipinski definition) is 8. The quantitative estimate of drug-likeness (QED) is 0.319. The molecule has 22 heavy (non-hydrogen) atoms. The fourth-order valence-electron chi connectivity index (χ4n) is 1.41. The van der Waals surface area contributed by atoms with E-state index in [4.69, 9.17) is 10.5 Å². The van der Waals surface area contributed by atoms with Crippen LogP contribution >= 0.6 is 0 Å². The van der Waals surface area contributed by atoms with Crippen molar-refractivity contribution in [2.75, 3.05) is 0 Å². The maximum absolute atomic E-state index is 10.5. The van der Waals surface area contributed by atoms with E-state index < -0.39 is 35.9 Å². The summed E-state index contributed by atoms with van der Waals surface area (Å²) in [6.07, 6.45) is -0.0889. The molecule has 0 radical (unpaired) electrons. The fraction of sp³-hybridized carbons (Fsp3) is 0.667. The molecule has 0 spiro atoms. The van der Waals surface area contributed by atoms with E-state index in [-0.39, 0.29) is 72.0 Å². The van der Waals surface area contributed by atoms with Gasteiger partial charge in [-0.15, -0.1) is 0 Å². The molecule has 0 saturated carbocycles. The Kier molecular flexibility index (Phi) is 17.0. The van der Waals surface area contributed by atoms with Crippen LogP contribution < -0.4 is 69.3 Å². The first-order chi connectivity index (χ1) is 9.31. The molecule has 0 N–H and O–H groups in total. The molecule has 0 aromatic carbocycles. The van der Waals surface area contributed by atoms with Gasteiger partial charge in [-0.05, 0) is 26.7 Å². The van der Waals surface area contributed by atoms with E-state index in [2.05, 4.69) is 10.2 Å². The van der Waals surface area contributed by atoms with Gasteiger partial charge in [0.05, 0.1) is 48.0 Å². The van der Waals surface area contributed by atoms with Gasteiger partial charge in [-0.1, -0.05) is 0 Å². The largest absolute Gasteiger partial charge is 1.00 e. The van der Waals surface area contributed by atoms with Gasteiger partial charge in [0.25, 0.3) is 0 Å². The van der Waals surface area contributed by atoms with E-state index in [1.807, 2.05) is 0 Å². The van der Waals surface area contributed by atoms with Gasteiger partial charge in [0.2, 0.25) is 0 Å². The monoisotopic (exact) mass is 324 g/mol. The molecule has 0 heterocycles. The standard InChI is InChI=1S/C12H16N4O4.2Na/c1-7(3-9(5-13)11(17)18)15-16-8(2)4-10(6-14)12(19)20;;/h7-10H,3-4H2,1-2H3,(H,17,18)(H,19,20);;/q;2*+1/p-2. The molecule has 10 heteroatoms. The number of carbonyl (C=O) groups is 2. The van der Waals surface area contributed by atoms with E-state index in [0.29, 0.717) is 0 Å². The van der Waals surface area contributed by atoms with E-state index in [9.17, 15) is 19.8 Å². The van der Waals surface area contributed by atoms with Gasteiger partial charge in [-0.25, -0.2) is 0 Å². The van der Waals surface area contributed by atoms with Crippen LogP contribution in [-0.4, -0.2) is 24.0 Å². The molecule has 0 aliphatic rings. The zero-order chi connectivity index (χ0) is 15.7. The number of hydrogen-bond donors (Lipinski definition) is 0. The SMILES string of the molecule is CC(CC(C#N)C(=O)[O-])N=NC(C)CC(C#N)C(=O)[O-].[Na+].[Na+]. The fourth-order valence-corrected chi connectivity index (χ4v) is 1.41. The van der Waals surface area contributed by atoms with E-state index in [0.717, 1.165) is 0 Å². The molecule has 0 rings (SSSR count). The molecule has 0 aromatic rings. The second-order valence-electron chi connectivity index (χ2n) is 4.40. The normalized spacial score (nSPS) is 15.1. The maximum atomic E-state index is 10.5. The topological polar surface area (TPSA) is 153 Å². The average molecular weight is 324 g/mol. The van der Waals surface area contributed by atoms with Crippen molar-refractivity contribution in [3.63, 3.8) is 0 Å². The van der Waals surface area contributed by atoms with Crippen molar-refractivity contribution < 1.29 is 78.9 Å². The van der Waals surface area contributed by atoms with Crippen LogP contribution in [0.1, 0.15) is 26.7 Å². The van der Waals surface area contributed by atoms with Crippen LogP contribution in [0.3, 0.4) is 0 Å². The van der Waals surface area contributed by atoms with Crippen LogP contribution in [0.4, 0.5) is 0 Å². The number of carbonyl (C=O) groups excluding carboxylic acids is 2. The molecule has 8 nitrogen and oxygen atoms in total. The minimum atomic E-state index is -1.47. The molecule has 0 bridgehead atoms. The third kappa shape index (κ3) is 11.1. The summed E-state index contributed by atoms with van der Waals surface area (Å²) in [4.78, 5) is 21.1. The minimum Gasteiger partial charge on any atom is -0.549 e. The zero-order valence-electron chi connectivity index (χ0n) is 13.1. The molecular formula is C12H14N4Na2O4. The Bertz CT molecular complexity index is 431. The van der Waals surface area contributed by atoms with Crippen molar-refractivity contribution in [2.45, 2.75) is 38.8 Å². The van der Waals surface area contributed by atoms with Crippen molar-refractivity contribution in [1.82, 2.24) is 0 Å². The Morgan fingerprint density at radius 2 is 1.18 bits per heavy atom. The third-order valence-corrected chi connectivity index (χ3v) is 2.50. The predicted octanol–water partition coefficient (Wildman–Crippen LogP) is -7.22. The molecule has 4 atom stereocenters. The van der Waals surface area contributed by atoms with E-state index in [1.54, 1.807) is 26.0 Å². The van der Waals surface area contributed by atoms with Crippen LogP contribution in [0.5, 0.6) is 0 Å². The number of nitrogens with zero attached hydrogens (tertiary/aromatic N) is 4. The van der Waals surface area contributed by atoms with Gasteiger partial charge in [0, 0.05) is 0 Å². The van der Waals surface area contributed by atoms with Crippen molar-refractivity contribution >= 4 is 11.9 Å². The smallest absolute Gasteiger partial charge is 0.549 e. The van der Waals surface area contributed by atoms with Gasteiger partial charge < -0.3 is 19.8 Å².